The lowest BCUT2D eigenvalue weighted by Crippen LogP contribution is -2.60. The predicted octanol–water partition coefficient (Wildman–Crippen LogP) is 3.47. The molecular weight excluding hydrogens is 266 g/mol. The van der Waals surface area contributed by atoms with Gasteiger partial charge in [0.25, 0.3) is 0 Å². The second-order valence-corrected chi connectivity index (χ2v) is 8.41. The molecule has 4 nitrogen and oxygen atoms in total. The molecule has 21 heavy (non-hydrogen) atoms. The molecule has 1 saturated carbocycles. The Labute approximate surface area is 127 Å². The molecule has 1 aliphatic carbocycles. The standard InChI is InChI=1S/C17H29NO3/c1-16(2,3)21-15(19)18-13-5-4-6-14(18)11-17(20,10-13)9-12-7-8-12/h12-14,20H,4-11H2,1-3H3. The largest absolute Gasteiger partial charge is 0.444 e. The van der Waals surface area contributed by atoms with Crippen molar-refractivity contribution in [1.82, 2.24) is 4.90 Å². The zero-order chi connectivity index (χ0) is 15.3. The van der Waals surface area contributed by atoms with Crippen molar-refractivity contribution in [3.8, 4) is 0 Å². The van der Waals surface area contributed by atoms with Crippen molar-refractivity contribution in [3.63, 3.8) is 0 Å². The van der Waals surface area contributed by atoms with Crippen molar-refractivity contribution in [2.45, 2.75) is 95.4 Å². The quantitative estimate of drug-likeness (QED) is 0.848. The Balaban J connectivity index is 1.70. The fourth-order valence-electron chi connectivity index (χ4n) is 4.17. The van der Waals surface area contributed by atoms with Crippen LogP contribution >= 0.6 is 0 Å². The van der Waals surface area contributed by atoms with Gasteiger partial charge in [-0.1, -0.05) is 12.8 Å². The number of ether oxygens (including phenoxy) is 1. The van der Waals surface area contributed by atoms with Gasteiger partial charge in [-0.25, -0.2) is 4.79 Å². The van der Waals surface area contributed by atoms with Gasteiger partial charge in [-0.15, -0.1) is 0 Å². The van der Waals surface area contributed by atoms with Gasteiger partial charge in [-0.2, -0.15) is 0 Å². The van der Waals surface area contributed by atoms with Crippen LogP contribution in [0, 0.1) is 5.92 Å². The number of rotatable bonds is 2. The second kappa shape index (κ2) is 5.15. The molecule has 3 fully saturated rings. The lowest BCUT2D eigenvalue weighted by molar-refractivity contribution is -0.0978. The summed E-state index contributed by atoms with van der Waals surface area (Å²) in [7, 11) is 0. The predicted molar refractivity (Wildman–Crippen MR) is 81.0 cm³/mol. The van der Waals surface area contributed by atoms with Gasteiger partial charge in [-0.05, 0) is 65.2 Å². The van der Waals surface area contributed by atoms with E-state index >= 15 is 0 Å². The number of carbonyl (C=O) groups is 1. The normalized spacial score (nSPS) is 36.5. The SMILES string of the molecule is CC(C)(C)OC(=O)N1C2CCCC1CC(O)(CC1CC1)C2. The minimum absolute atomic E-state index is 0.163. The van der Waals surface area contributed by atoms with E-state index in [1.807, 2.05) is 25.7 Å². The summed E-state index contributed by atoms with van der Waals surface area (Å²) in [6, 6.07) is 0.326. The first-order valence-corrected chi connectivity index (χ1v) is 8.49. The van der Waals surface area contributed by atoms with Crippen molar-refractivity contribution < 1.29 is 14.6 Å². The van der Waals surface area contributed by atoms with Crippen LogP contribution in [-0.2, 0) is 4.74 Å². The maximum atomic E-state index is 12.5. The highest BCUT2D eigenvalue weighted by atomic mass is 16.6. The number of carbonyl (C=O) groups excluding carboxylic acids is 1. The monoisotopic (exact) mass is 295 g/mol. The van der Waals surface area contributed by atoms with Gasteiger partial charge in [0.15, 0.2) is 0 Å². The van der Waals surface area contributed by atoms with Crippen LogP contribution in [0.5, 0.6) is 0 Å². The van der Waals surface area contributed by atoms with Crippen LogP contribution < -0.4 is 0 Å². The van der Waals surface area contributed by atoms with Crippen LogP contribution in [0.2, 0.25) is 0 Å². The summed E-state index contributed by atoms with van der Waals surface area (Å²) in [4.78, 5) is 14.4. The van der Waals surface area contributed by atoms with E-state index in [-0.39, 0.29) is 18.2 Å². The molecular formula is C17H29NO3. The van der Waals surface area contributed by atoms with Gasteiger partial charge in [-0.3, -0.25) is 0 Å². The summed E-state index contributed by atoms with van der Waals surface area (Å²) in [6.07, 6.45) is 7.92. The lowest BCUT2D eigenvalue weighted by atomic mass is 9.73. The highest BCUT2D eigenvalue weighted by Gasteiger charge is 2.49. The van der Waals surface area contributed by atoms with Crippen molar-refractivity contribution in [1.29, 1.82) is 0 Å². The Bertz CT molecular complexity index is 397. The van der Waals surface area contributed by atoms with E-state index in [1.54, 1.807) is 0 Å². The average molecular weight is 295 g/mol. The maximum absolute atomic E-state index is 12.5. The van der Waals surface area contributed by atoms with E-state index in [1.165, 1.54) is 12.8 Å². The molecule has 2 unspecified atom stereocenters. The lowest BCUT2D eigenvalue weighted by Gasteiger charge is -2.52. The molecule has 3 rings (SSSR count). The minimum atomic E-state index is -0.546. The van der Waals surface area contributed by atoms with E-state index in [0.29, 0.717) is 0 Å². The first-order chi connectivity index (χ1) is 9.76. The van der Waals surface area contributed by atoms with Crippen LogP contribution in [0.15, 0.2) is 0 Å². The zero-order valence-electron chi connectivity index (χ0n) is 13.6. The number of fused-ring (bicyclic) bond motifs is 2. The van der Waals surface area contributed by atoms with Gasteiger partial charge in [0.05, 0.1) is 5.60 Å². The summed E-state index contributed by atoms with van der Waals surface area (Å²) < 4.78 is 5.58. The summed E-state index contributed by atoms with van der Waals surface area (Å²) in [5.74, 6) is 0.726. The molecule has 2 saturated heterocycles. The van der Waals surface area contributed by atoms with E-state index in [0.717, 1.165) is 44.4 Å². The van der Waals surface area contributed by atoms with E-state index in [2.05, 4.69) is 0 Å². The van der Waals surface area contributed by atoms with Gasteiger partial charge in [0.1, 0.15) is 5.60 Å². The average Bonchev–Trinajstić information content (AvgIpc) is 3.08. The third kappa shape index (κ3) is 3.53. The van der Waals surface area contributed by atoms with Crippen molar-refractivity contribution in [2.75, 3.05) is 0 Å². The number of hydrogen-bond acceptors (Lipinski definition) is 3. The molecule has 0 aromatic heterocycles. The van der Waals surface area contributed by atoms with Gasteiger partial charge < -0.3 is 14.7 Å². The van der Waals surface area contributed by atoms with Crippen molar-refractivity contribution in [3.05, 3.63) is 0 Å². The molecule has 2 bridgehead atoms. The van der Waals surface area contributed by atoms with E-state index in [4.69, 9.17) is 4.74 Å². The molecule has 3 aliphatic rings. The minimum Gasteiger partial charge on any atom is -0.444 e. The molecule has 0 radical (unpaired) electrons. The summed E-state index contributed by atoms with van der Waals surface area (Å²) in [5.41, 5.74) is -0.997. The molecule has 1 amide bonds. The Kier molecular flexibility index (Phi) is 3.71. The summed E-state index contributed by atoms with van der Waals surface area (Å²) >= 11 is 0. The van der Waals surface area contributed by atoms with Gasteiger partial charge in [0, 0.05) is 12.1 Å². The Morgan fingerprint density at radius 1 is 1.19 bits per heavy atom. The van der Waals surface area contributed by atoms with Crippen LogP contribution in [0.1, 0.15) is 72.1 Å². The zero-order valence-corrected chi connectivity index (χ0v) is 13.6. The third-order valence-electron chi connectivity index (χ3n) is 5.06. The maximum Gasteiger partial charge on any atom is 0.410 e. The molecule has 2 atom stereocenters. The molecule has 4 heteroatoms. The molecule has 2 heterocycles. The third-order valence-corrected chi connectivity index (χ3v) is 5.06. The smallest absolute Gasteiger partial charge is 0.410 e. The van der Waals surface area contributed by atoms with Crippen molar-refractivity contribution >= 4 is 6.09 Å². The Hall–Kier alpha value is -0.770. The first-order valence-electron chi connectivity index (χ1n) is 8.49. The van der Waals surface area contributed by atoms with Gasteiger partial charge >= 0.3 is 6.09 Å². The first kappa shape index (κ1) is 15.1. The number of aliphatic hydroxyl groups is 1. The summed E-state index contributed by atoms with van der Waals surface area (Å²) in [6.45, 7) is 5.73. The highest BCUT2D eigenvalue weighted by molar-refractivity contribution is 5.69. The fourth-order valence-corrected chi connectivity index (χ4v) is 4.17. The molecule has 1 N–H and O–H groups in total. The molecule has 120 valence electrons. The van der Waals surface area contributed by atoms with Crippen LogP contribution in [0.25, 0.3) is 0 Å². The molecule has 2 aliphatic heterocycles. The molecule has 0 aromatic carbocycles. The number of amides is 1. The molecule has 0 spiro atoms. The fraction of sp³-hybridized carbons (Fsp3) is 0.941. The van der Waals surface area contributed by atoms with Gasteiger partial charge in [0.2, 0.25) is 0 Å². The van der Waals surface area contributed by atoms with Crippen molar-refractivity contribution in [2.24, 2.45) is 5.92 Å². The Morgan fingerprint density at radius 2 is 1.76 bits per heavy atom. The number of piperidine rings is 2. The number of nitrogens with zero attached hydrogens (tertiary/aromatic N) is 1. The van der Waals surface area contributed by atoms with E-state index < -0.39 is 11.2 Å². The second-order valence-electron chi connectivity index (χ2n) is 8.41. The Morgan fingerprint density at radius 3 is 2.24 bits per heavy atom. The summed E-state index contributed by atoms with van der Waals surface area (Å²) in [5, 5.41) is 10.9. The van der Waals surface area contributed by atoms with Crippen LogP contribution in [0.4, 0.5) is 4.79 Å². The van der Waals surface area contributed by atoms with Crippen LogP contribution in [0.3, 0.4) is 0 Å². The van der Waals surface area contributed by atoms with E-state index in [9.17, 15) is 9.90 Å². The molecule has 0 aromatic rings. The topological polar surface area (TPSA) is 49.8 Å². The highest BCUT2D eigenvalue weighted by Crippen LogP contribution is 2.46. The van der Waals surface area contributed by atoms with Crippen LogP contribution in [-0.4, -0.2) is 39.4 Å². The number of hydrogen-bond donors (Lipinski definition) is 1.